The molecule has 0 spiro atoms. The van der Waals surface area contributed by atoms with Gasteiger partial charge in [-0.3, -0.25) is 24.1 Å². The Bertz CT molecular complexity index is 2630. The topological polar surface area (TPSA) is 138 Å². The van der Waals surface area contributed by atoms with Crippen LogP contribution in [0.15, 0.2) is 149 Å². The van der Waals surface area contributed by atoms with Crippen LogP contribution in [0.1, 0.15) is 35.4 Å². The highest BCUT2D eigenvalue weighted by atomic mass is 16.5. The highest BCUT2D eigenvalue weighted by molar-refractivity contribution is 6.32. The van der Waals surface area contributed by atoms with Gasteiger partial charge in [0, 0.05) is 37.2 Å². The number of anilines is 2. The minimum atomic E-state index is -1.46. The maximum absolute atomic E-state index is 15.4. The molecule has 0 radical (unpaired) electrons. The van der Waals surface area contributed by atoms with Gasteiger partial charge in [-0.15, -0.1) is 0 Å². The molecule has 1 saturated carbocycles. The minimum Gasteiger partial charge on any atom is -0.502 e. The Hall–Kier alpha value is -7.14. The number of hydrogen-bond acceptors (Lipinski definition) is 10. The zero-order valence-electron chi connectivity index (χ0n) is 34.2. The van der Waals surface area contributed by atoms with Crippen molar-refractivity contribution in [2.45, 2.75) is 24.2 Å². The lowest BCUT2D eigenvalue weighted by Gasteiger charge is -2.55. The van der Waals surface area contributed by atoms with Crippen LogP contribution in [0.5, 0.6) is 17.2 Å². The van der Waals surface area contributed by atoms with Crippen molar-refractivity contribution < 1.29 is 33.8 Å². The molecule has 6 atom stereocenters. The quantitative estimate of drug-likeness (QED) is 0.0885. The number of allylic oxidation sites excluding steroid dienone is 4. The molecule has 5 aromatic rings. The van der Waals surface area contributed by atoms with E-state index in [2.05, 4.69) is 10.2 Å². The third-order valence-corrected chi connectivity index (χ3v) is 13.0. The third kappa shape index (κ3) is 6.34. The lowest BCUT2D eigenvalue weighted by atomic mass is 9.44. The first-order valence-corrected chi connectivity index (χ1v) is 20.3. The summed E-state index contributed by atoms with van der Waals surface area (Å²) in [6, 6.07) is 36.3. The van der Waals surface area contributed by atoms with E-state index in [-0.39, 0.29) is 53.5 Å². The van der Waals surface area contributed by atoms with E-state index in [1.54, 1.807) is 36.4 Å². The van der Waals surface area contributed by atoms with Crippen LogP contribution in [0.3, 0.4) is 0 Å². The summed E-state index contributed by atoms with van der Waals surface area (Å²) in [6.45, 7) is 0. The Morgan fingerprint density at radius 1 is 0.738 bits per heavy atom. The van der Waals surface area contributed by atoms with Crippen LogP contribution >= 0.6 is 0 Å². The molecule has 3 aliphatic carbocycles. The largest absolute Gasteiger partial charge is 0.502 e. The first kappa shape index (κ1) is 39.3. The molecular formula is C50H44N4O7. The summed E-state index contributed by atoms with van der Waals surface area (Å²) in [4.78, 5) is 63.2. The van der Waals surface area contributed by atoms with Crippen LogP contribution in [0.4, 0.5) is 22.7 Å². The number of ether oxygens (including phenoxy) is 2. The molecule has 1 heterocycles. The van der Waals surface area contributed by atoms with E-state index in [1.807, 2.05) is 110 Å². The van der Waals surface area contributed by atoms with E-state index in [0.717, 1.165) is 11.3 Å². The Labute approximate surface area is 353 Å². The van der Waals surface area contributed by atoms with E-state index in [0.29, 0.717) is 39.3 Å². The van der Waals surface area contributed by atoms with Crippen LogP contribution in [0.25, 0.3) is 5.57 Å². The van der Waals surface area contributed by atoms with Crippen molar-refractivity contribution in [2.75, 3.05) is 38.1 Å². The number of amides is 2. The van der Waals surface area contributed by atoms with Gasteiger partial charge >= 0.3 is 0 Å². The summed E-state index contributed by atoms with van der Waals surface area (Å²) in [5.74, 6) is -4.91. The Kier molecular flexibility index (Phi) is 9.97. The van der Waals surface area contributed by atoms with Crippen LogP contribution in [0, 0.1) is 23.7 Å². The predicted molar refractivity (Wildman–Crippen MR) is 232 cm³/mol. The average molecular weight is 813 g/mol. The standard InChI is InChI=1S/C50H44N4O7/c1-53(2)34-19-15-32(16-20-34)51-52-33-17-21-35(22-18-33)54-48(58)37-24-23-36-39(44(37)49(54)59)27-40-46(56)38(29-11-7-5-8-12-29)28-43(55)50(40,31-13-9-6-10-14-31)45(36)30-25-41(60-3)47(57)42(26-30)61-4/h5-23,25-26,28,37,39-40,44-45,57H,24,27H2,1-4H3. The number of imide groups is 1. The van der Waals surface area contributed by atoms with E-state index in [4.69, 9.17) is 9.47 Å². The first-order valence-electron chi connectivity index (χ1n) is 20.3. The molecule has 1 saturated heterocycles. The molecule has 306 valence electrons. The number of aromatic hydroxyl groups is 1. The molecule has 4 aliphatic rings. The maximum Gasteiger partial charge on any atom is 0.238 e. The molecule has 2 amide bonds. The van der Waals surface area contributed by atoms with Gasteiger partial charge in [0.1, 0.15) is 0 Å². The molecule has 2 fully saturated rings. The summed E-state index contributed by atoms with van der Waals surface area (Å²) >= 11 is 0. The van der Waals surface area contributed by atoms with E-state index in [1.165, 1.54) is 25.2 Å². The third-order valence-electron chi connectivity index (χ3n) is 13.0. The van der Waals surface area contributed by atoms with Gasteiger partial charge in [0.2, 0.25) is 17.6 Å². The van der Waals surface area contributed by atoms with Crippen LogP contribution in [0.2, 0.25) is 0 Å². The molecular weight excluding hydrogens is 769 g/mol. The number of Topliss-reactive ketones (excluding diaryl/α,β-unsaturated/α-hetero) is 1. The highest BCUT2D eigenvalue weighted by Crippen LogP contribution is 2.64. The van der Waals surface area contributed by atoms with Crippen molar-refractivity contribution in [2.24, 2.45) is 33.9 Å². The van der Waals surface area contributed by atoms with Crippen molar-refractivity contribution in [3.8, 4) is 17.2 Å². The van der Waals surface area contributed by atoms with E-state index in [9.17, 15) is 14.7 Å². The van der Waals surface area contributed by atoms with E-state index < -0.39 is 35.0 Å². The minimum absolute atomic E-state index is 0.129. The summed E-state index contributed by atoms with van der Waals surface area (Å²) < 4.78 is 11.3. The monoisotopic (exact) mass is 812 g/mol. The molecule has 9 rings (SSSR count). The zero-order chi connectivity index (χ0) is 42.6. The molecule has 11 heteroatoms. The van der Waals surface area contributed by atoms with Gasteiger partial charge in [-0.2, -0.15) is 10.2 Å². The predicted octanol–water partition coefficient (Wildman–Crippen LogP) is 8.92. The molecule has 5 aromatic carbocycles. The zero-order valence-corrected chi connectivity index (χ0v) is 34.2. The number of carbonyl (C=O) groups excluding carboxylic acids is 4. The maximum atomic E-state index is 15.4. The van der Waals surface area contributed by atoms with Crippen molar-refractivity contribution in [1.82, 2.24) is 0 Å². The summed E-state index contributed by atoms with van der Waals surface area (Å²) in [6.07, 6.45) is 3.88. The van der Waals surface area contributed by atoms with E-state index >= 15 is 9.59 Å². The van der Waals surface area contributed by atoms with Crippen molar-refractivity contribution in [1.29, 1.82) is 0 Å². The van der Waals surface area contributed by atoms with Gasteiger partial charge in [0.25, 0.3) is 0 Å². The molecule has 11 nitrogen and oxygen atoms in total. The summed E-state index contributed by atoms with van der Waals surface area (Å²) in [5.41, 5.74) is 4.17. The molecule has 0 bridgehead atoms. The fourth-order valence-corrected chi connectivity index (χ4v) is 10.2. The van der Waals surface area contributed by atoms with Crippen LogP contribution in [-0.2, 0) is 24.6 Å². The molecule has 1 aliphatic heterocycles. The smallest absolute Gasteiger partial charge is 0.238 e. The van der Waals surface area contributed by atoms with Gasteiger partial charge in [0.05, 0.1) is 48.5 Å². The number of ketones is 2. The summed E-state index contributed by atoms with van der Waals surface area (Å²) in [5, 5.41) is 19.8. The first-order chi connectivity index (χ1) is 29.6. The van der Waals surface area contributed by atoms with Crippen LogP contribution < -0.4 is 19.3 Å². The fraction of sp³-hybridized carbons (Fsp3) is 0.240. The van der Waals surface area contributed by atoms with Crippen molar-refractivity contribution in [3.63, 3.8) is 0 Å². The second kappa shape index (κ2) is 15.5. The lowest BCUT2D eigenvalue weighted by molar-refractivity contribution is -0.135. The van der Waals surface area contributed by atoms with Gasteiger partial charge < -0.3 is 19.5 Å². The Morgan fingerprint density at radius 3 is 1.92 bits per heavy atom. The number of methoxy groups -OCH3 is 2. The highest BCUT2D eigenvalue weighted by Gasteiger charge is 2.66. The fourth-order valence-electron chi connectivity index (χ4n) is 10.2. The molecule has 0 aromatic heterocycles. The molecule has 6 unspecified atom stereocenters. The van der Waals surface area contributed by atoms with Gasteiger partial charge in [-0.05, 0) is 102 Å². The molecule has 1 N–H and O–H groups in total. The van der Waals surface area contributed by atoms with Crippen molar-refractivity contribution in [3.05, 3.63) is 156 Å². The second-order valence-electron chi connectivity index (χ2n) is 16.2. The molecule has 61 heavy (non-hydrogen) atoms. The van der Waals surface area contributed by atoms with Gasteiger partial charge in [0.15, 0.2) is 23.1 Å². The van der Waals surface area contributed by atoms with Gasteiger partial charge in [-0.25, -0.2) is 0 Å². The van der Waals surface area contributed by atoms with Crippen molar-refractivity contribution >= 4 is 51.7 Å². The number of carbonyl (C=O) groups is 4. The van der Waals surface area contributed by atoms with Gasteiger partial charge in [-0.1, -0.05) is 72.3 Å². The Morgan fingerprint density at radius 2 is 1.33 bits per heavy atom. The number of phenols is 1. The summed E-state index contributed by atoms with van der Waals surface area (Å²) in [7, 11) is 6.80. The SMILES string of the molecule is COc1cc(C2C3=CCC4C(=O)N(c5ccc(N=Nc6ccc(N(C)C)cc6)cc5)C(=O)C4C3CC3C(=O)C(c4ccccc4)=CC(=O)C32c2ccccc2)cc(OC)c1O. The number of rotatable bonds is 9. The lowest BCUT2D eigenvalue weighted by Crippen LogP contribution is -2.58. The second-order valence-corrected chi connectivity index (χ2v) is 16.2. The normalized spacial score (nSPS) is 24.5. The number of nitrogens with zero attached hydrogens (tertiary/aromatic N) is 4. The number of fused-ring (bicyclic) bond motifs is 4. The number of benzene rings is 5. The average Bonchev–Trinajstić information content (AvgIpc) is 3.55. The van der Waals surface area contributed by atoms with Crippen LogP contribution in [-0.4, -0.2) is 56.8 Å². The number of azo groups is 1. The Balaban J connectivity index is 1.15. The number of hydrogen-bond donors (Lipinski definition) is 1. The number of phenolic OH excluding ortho intramolecular Hbond substituents is 1.